The number of hydrogen-bond acceptors (Lipinski definition) is 4. The number of benzene rings is 4. The van der Waals surface area contributed by atoms with Crippen LogP contribution in [0.4, 0.5) is 5.69 Å². The molecule has 5 nitrogen and oxygen atoms in total. The molecule has 0 fully saturated rings. The lowest BCUT2D eigenvalue weighted by atomic mass is 10.1. The number of carbonyl (C=O) groups excluding carboxylic acids is 1. The predicted octanol–water partition coefficient (Wildman–Crippen LogP) is 7.83. The number of fused-ring (bicyclic) bond motifs is 3. The van der Waals surface area contributed by atoms with Gasteiger partial charge in [0.15, 0.2) is 5.58 Å². The largest absolute Gasteiger partial charge is 0.495 e. The molecule has 1 amide bonds. The monoisotopic (exact) mass is 576 g/mol. The van der Waals surface area contributed by atoms with Crippen LogP contribution in [-0.2, 0) is 4.79 Å². The third-order valence-corrected chi connectivity index (χ3v) is 6.36. The van der Waals surface area contributed by atoms with E-state index < -0.39 is 0 Å². The van der Waals surface area contributed by atoms with E-state index in [4.69, 9.17) is 14.1 Å². The number of methoxy groups -OCH3 is 1. The standard InChI is InChI=1S/C27H18Br2N2O3/c1-33-26-17(13-19(28)15-22(26)29)10-12-24(32)30-20-7-4-6-18(14-20)27-31-25-21-8-3-2-5-16(21)9-11-23(25)34-27/h2-15H,1H3,(H,30,32)/b12-10+. The van der Waals surface area contributed by atoms with Crippen LogP contribution >= 0.6 is 31.9 Å². The Bertz CT molecular complexity index is 1570. The van der Waals surface area contributed by atoms with Crippen LogP contribution in [0.1, 0.15) is 5.56 Å². The number of oxazole rings is 1. The van der Waals surface area contributed by atoms with E-state index in [9.17, 15) is 4.79 Å². The Hall–Kier alpha value is -3.42. The first-order valence-corrected chi connectivity index (χ1v) is 12.0. The van der Waals surface area contributed by atoms with Gasteiger partial charge < -0.3 is 14.5 Å². The van der Waals surface area contributed by atoms with Crippen molar-refractivity contribution >= 4 is 71.4 Å². The number of carbonyl (C=O) groups is 1. The first kappa shape index (κ1) is 22.4. The van der Waals surface area contributed by atoms with Gasteiger partial charge in [-0.3, -0.25) is 4.79 Å². The molecule has 0 aliphatic rings. The van der Waals surface area contributed by atoms with Crippen LogP contribution in [-0.4, -0.2) is 18.0 Å². The molecule has 1 N–H and O–H groups in total. The van der Waals surface area contributed by atoms with Crippen molar-refractivity contribution in [3.8, 4) is 17.2 Å². The smallest absolute Gasteiger partial charge is 0.248 e. The zero-order chi connectivity index (χ0) is 23.7. The van der Waals surface area contributed by atoms with E-state index >= 15 is 0 Å². The summed E-state index contributed by atoms with van der Waals surface area (Å²) in [7, 11) is 1.59. The van der Waals surface area contributed by atoms with Gasteiger partial charge in [-0.2, -0.15) is 0 Å². The third kappa shape index (κ3) is 4.49. The fourth-order valence-corrected chi connectivity index (χ4v) is 5.20. The molecule has 0 saturated carbocycles. The number of nitrogens with one attached hydrogen (secondary N) is 1. The molecule has 0 radical (unpaired) electrons. The minimum absolute atomic E-state index is 0.265. The van der Waals surface area contributed by atoms with Gasteiger partial charge >= 0.3 is 0 Å². The molecule has 0 atom stereocenters. The highest BCUT2D eigenvalue weighted by molar-refractivity contribution is 9.11. The molecule has 0 saturated heterocycles. The van der Waals surface area contributed by atoms with Crippen molar-refractivity contribution < 1.29 is 13.9 Å². The first-order chi connectivity index (χ1) is 16.5. The summed E-state index contributed by atoms with van der Waals surface area (Å²) in [6.45, 7) is 0. The minimum atomic E-state index is -0.265. The molecule has 1 aromatic heterocycles. The Morgan fingerprint density at radius 2 is 1.88 bits per heavy atom. The number of hydrogen-bond donors (Lipinski definition) is 1. The Balaban J connectivity index is 1.39. The average molecular weight is 578 g/mol. The summed E-state index contributed by atoms with van der Waals surface area (Å²) >= 11 is 6.93. The molecule has 1 heterocycles. The average Bonchev–Trinajstić information content (AvgIpc) is 3.28. The van der Waals surface area contributed by atoms with Crippen molar-refractivity contribution in [1.29, 1.82) is 0 Å². The molecule has 5 rings (SSSR count). The highest BCUT2D eigenvalue weighted by Crippen LogP contribution is 2.34. The van der Waals surface area contributed by atoms with Gasteiger partial charge in [0.2, 0.25) is 11.8 Å². The van der Waals surface area contributed by atoms with E-state index in [1.165, 1.54) is 6.08 Å². The Kier molecular flexibility index (Phi) is 6.22. The molecule has 0 spiro atoms. The highest BCUT2D eigenvalue weighted by Gasteiger charge is 2.12. The molecule has 5 aromatic rings. The van der Waals surface area contributed by atoms with Crippen molar-refractivity contribution in [1.82, 2.24) is 4.98 Å². The number of halogens is 2. The fraction of sp³-hybridized carbons (Fsp3) is 0.0370. The molecule has 168 valence electrons. The van der Waals surface area contributed by atoms with Crippen molar-refractivity contribution in [3.63, 3.8) is 0 Å². The third-order valence-electron chi connectivity index (χ3n) is 5.32. The molecule has 7 heteroatoms. The van der Waals surface area contributed by atoms with Crippen LogP contribution in [0.15, 0.2) is 92.2 Å². The van der Waals surface area contributed by atoms with Gasteiger partial charge in [-0.1, -0.05) is 52.3 Å². The Labute approximate surface area is 212 Å². The molecule has 0 unspecified atom stereocenters. The molecule has 4 aromatic carbocycles. The lowest BCUT2D eigenvalue weighted by Crippen LogP contribution is -2.07. The van der Waals surface area contributed by atoms with Gasteiger partial charge in [0.05, 0.1) is 11.6 Å². The van der Waals surface area contributed by atoms with Crippen molar-refractivity contribution in [2.45, 2.75) is 0 Å². The summed E-state index contributed by atoms with van der Waals surface area (Å²) < 4.78 is 13.1. The molecule has 0 aliphatic carbocycles. The lowest BCUT2D eigenvalue weighted by molar-refractivity contribution is -0.111. The molecule has 34 heavy (non-hydrogen) atoms. The lowest BCUT2D eigenvalue weighted by Gasteiger charge is -2.08. The van der Waals surface area contributed by atoms with Gasteiger partial charge in [-0.05, 0) is 63.8 Å². The minimum Gasteiger partial charge on any atom is -0.495 e. The summed E-state index contributed by atoms with van der Waals surface area (Å²) in [6.07, 6.45) is 3.18. The Morgan fingerprint density at radius 1 is 1.03 bits per heavy atom. The van der Waals surface area contributed by atoms with Crippen molar-refractivity contribution in [2.24, 2.45) is 0 Å². The van der Waals surface area contributed by atoms with Gasteiger partial charge in [-0.15, -0.1) is 0 Å². The molecular weight excluding hydrogens is 560 g/mol. The fourth-order valence-electron chi connectivity index (χ4n) is 3.78. The number of rotatable bonds is 5. The number of aromatic nitrogens is 1. The predicted molar refractivity (Wildman–Crippen MR) is 143 cm³/mol. The maximum atomic E-state index is 12.6. The van der Waals surface area contributed by atoms with E-state index in [1.54, 1.807) is 13.2 Å². The first-order valence-electron chi connectivity index (χ1n) is 10.4. The quantitative estimate of drug-likeness (QED) is 0.216. The van der Waals surface area contributed by atoms with E-state index in [2.05, 4.69) is 43.2 Å². The number of amides is 1. The van der Waals surface area contributed by atoms with Crippen LogP contribution in [0.25, 0.3) is 39.4 Å². The molecule has 0 bridgehead atoms. The SMILES string of the molecule is COc1c(Br)cc(Br)cc1/C=C/C(=O)Nc1cccc(-c2nc3c(ccc4ccccc43)o2)c1. The number of anilines is 1. The van der Waals surface area contributed by atoms with Crippen LogP contribution in [0, 0.1) is 0 Å². The number of ether oxygens (including phenoxy) is 1. The molecular formula is C27H18Br2N2O3. The summed E-state index contributed by atoms with van der Waals surface area (Å²) in [6, 6.07) is 23.2. The second-order valence-corrected chi connectivity index (χ2v) is 9.34. The van der Waals surface area contributed by atoms with Crippen LogP contribution in [0.2, 0.25) is 0 Å². The van der Waals surface area contributed by atoms with E-state index in [1.807, 2.05) is 66.7 Å². The van der Waals surface area contributed by atoms with Crippen molar-refractivity contribution in [2.75, 3.05) is 12.4 Å². The summed E-state index contributed by atoms with van der Waals surface area (Å²) in [5, 5.41) is 5.04. The normalized spacial score (nSPS) is 11.4. The van der Waals surface area contributed by atoms with Gasteiger partial charge in [0.1, 0.15) is 11.3 Å². The highest BCUT2D eigenvalue weighted by atomic mass is 79.9. The van der Waals surface area contributed by atoms with Gasteiger partial charge in [0, 0.05) is 32.7 Å². The van der Waals surface area contributed by atoms with Crippen LogP contribution in [0.5, 0.6) is 5.75 Å². The van der Waals surface area contributed by atoms with E-state index in [0.29, 0.717) is 17.3 Å². The maximum Gasteiger partial charge on any atom is 0.248 e. The topological polar surface area (TPSA) is 64.4 Å². The summed E-state index contributed by atoms with van der Waals surface area (Å²) in [5.41, 5.74) is 3.73. The van der Waals surface area contributed by atoms with Crippen molar-refractivity contribution in [3.05, 3.63) is 93.4 Å². The Morgan fingerprint density at radius 3 is 2.74 bits per heavy atom. The summed E-state index contributed by atoms with van der Waals surface area (Å²) in [4.78, 5) is 17.3. The number of nitrogens with zero attached hydrogens (tertiary/aromatic N) is 1. The summed E-state index contributed by atoms with van der Waals surface area (Å²) in [5.74, 6) is 0.887. The second kappa shape index (κ2) is 9.44. The van der Waals surface area contributed by atoms with E-state index in [-0.39, 0.29) is 5.91 Å². The van der Waals surface area contributed by atoms with Crippen LogP contribution < -0.4 is 10.1 Å². The maximum absolute atomic E-state index is 12.6. The zero-order valence-corrected chi connectivity index (χ0v) is 21.2. The second-order valence-electron chi connectivity index (χ2n) is 7.57. The zero-order valence-electron chi connectivity index (χ0n) is 18.0. The van der Waals surface area contributed by atoms with Crippen LogP contribution in [0.3, 0.4) is 0 Å². The van der Waals surface area contributed by atoms with E-state index in [0.717, 1.165) is 41.9 Å². The van der Waals surface area contributed by atoms with Gasteiger partial charge in [0.25, 0.3) is 0 Å². The van der Waals surface area contributed by atoms with Gasteiger partial charge in [-0.25, -0.2) is 4.98 Å². The molecule has 0 aliphatic heterocycles.